The summed E-state index contributed by atoms with van der Waals surface area (Å²) in [7, 11) is 0. The first-order valence-electron chi connectivity index (χ1n) is 6.22. The van der Waals surface area contributed by atoms with E-state index in [1.165, 1.54) is 16.8 Å². The first-order valence-corrected chi connectivity index (χ1v) is 7.89. The average Bonchev–Trinajstić information content (AvgIpc) is 2.71. The van der Waals surface area contributed by atoms with E-state index in [1.807, 2.05) is 11.8 Å². The number of nitrogens with zero attached hydrogens (tertiary/aromatic N) is 1. The highest BCUT2D eigenvalue weighted by molar-refractivity contribution is 9.10. The van der Waals surface area contributed by atoms with Crippen molar-refractivity contribution in [1.82, 2.24) is 0 Å². The van der Waals surface area contributed by atoms with Crippen molar-refractivity contribution in [3.05, 3.63) is 27.7 Å². The molecule has 0 radical (unpaired) electrons. The second-order valence-corrected chi connectivity index (χ2v) is 7.23. The minimum Gasteiger partial charge on any atom is -0.335 e. The number of hydrogen-bond donors (Lipinski definition) is 1. The molecule has 0 bridgehead atoms. The number of amidine groups is 1. The van der Waals surface area contributed by atoms with Crippen LogP contribution in [0.1, 0.15) is 25.0 Å². The van der Waals surface area contributed by atoms with Gasteiger partial charge in [0.15, 0.2) is 5.17 Å². The summed E-state index contributed by atoms with van der Waals surface area (Å²) in [6.45, 7) is 9.69. The normalized spacial score (nSPS) is 19.2. The van der Waals surface area contributed by atoms with Crippen LogP contribution >= 0.6 is 27.7 Å². The molecule has 18 heavy (non-hydrogen) atoms. The van der Waals surface area contributed by atoms with E-state index in [2.05, 4.69) is 66.1 Å². The molecule has 1 heterocycles. The fraction of sp³-hybridized carbons (Fsp3) is 0.500. The molecule has 98 valence electrons. The van der Waals surface area contributed by atoms with E-state index >= 15 is 0 Å². The molecule has 1 aromatic rings. The van der Waals surface area contributed by atoms with Crippen LogP contribution in [0, 0.1) is 19.8 Å². The van der Waals surface area contributed by atoms with Gasteiger partial charge in [-0.2, -0.15) is 0 Å². The number of hydrogen-bond acceptors (Lipinski definition) is 3. The lowest BCUT2D eigenvalue weighted by Crippen LogP contribution is -2.13. The monoisotopic (exact) mass is 326 g/mol. The van der Waals surface area contributed by atoms with Gasteiger partial charge < -0.3 is 5.32 Å². The van der Waals surface area contributed by atoms with Gasteiger partial charge in [0.05, 0.1) is 6.54 Å². The van der Waals surface area contributed by atoms with E-state index in [1.54, 1.807) is 0 Å². The third-order valence-corrected chi connectivity index (χ3v) is 5.06. The zero-order valence-electron chi connectivity index (χ0n) is 11.2. The van der Waals surface area contributed by atoms with E-state index in [0.29, 0.717) is 11.2 Å². The topological polar surface area (TPSA) is 24.4 Å². The van der Waals surface area contributed by atoms with Crippen LogP contribution in [-0.4, -0.2) is 17.0 Å². The minimum absolute atomic E-state index is 0.614. The van der Waals surface area contributed by atoms with Crippen molar-refractivity contribution in [2.45, 2.75) is 32.9 Å². The van der Waals surface area contributed by atoms with Crippen molar-refractivity contribution in [3.63, 3.8) is 0 Å². The Morgan fingerprint density at radius 2 is 1.94 bits per heavy atom. The highest BCUT2D eigenvalue weighted by Crippen LogP contribution is 2.31. The van der Waals surface area contributed by atoms with Crippen molar-refractivity contribution in [2.24, 2.45) is 10.9 Å². The molecule has 1 aromatic carbocycles. The molecular formula is C14H19BrN2S. The molecule has 0 fully saturated rings. The SMILES string of the molecule is Cc1cc(Br)cc(C)c1NC1=NCC(C(C)C)S1. The molecule has 2 nitrogen and oxygen atoms in total. The summed E-state index contributed by atoms with van der Waals surface area (Å²) in [5.74, 6) is 0.671. The zero-order valence-corrected chi connectivity index (χ0v) is 13.7. The van der Waals surface area contributed by atoms with Gasteiger partial charge in [0.1, 0.15) is 0 Å². The molecule has 0 aliphatic carbocycles. The summed E-state index contributed by atoms with van der Waals surface area (Å²) in [4.78, 5) is 4.60. The number of anilines is 1. The molecule has 0 amide bonds. The van der Waals surface area contributed by atoms with Gasteiger partial charge in [-0.1, -0.05) is 41.5 Å². The summed E-state index contributed by atoms with van der Waals surface area (Å²) in [6.07, 6.45) is 0. The predicted octanol–water partition coefficient (Wildman–Crippen LogP) is 4.61. The van der Waals surface area contributed by atoms with Gasteiger partial charge in [0, 0.05) is 15.4 Å². The lowest BCUT2D eigenvalue weighted by molar-refractivity contribution is 0.621. The molecule has 1 unspecified atom stereocenters. The predicted molar refractivity (Wildman–Crippen MR) is 85.8 cm³/mol. The Bertz CT molecular complexity index is 460. The third-order valence-electron chi connectivity index (χ3n) is 3.15. The largest absolute Gasteiger partial charge is 0.335 e. The van der Waals surface area contributed by atoms with Gasteiger partial charge in [0.2, 0.25) is 0 Å². The maximum atomic E-state index is 4.60. The van der Waals surface area contributed by atoms with Crippen LogP contribution in [-0.2, 0) is 0 Å². The van der Waals surface area contributed by atoms with Gasteiger partial charge in [0.25, 0.3) is 0 Å². The van der Waals surface area contributed by atoms with Crippen molar-refractivity contribution in [3.8, 4) is 0 Å². The standard InChI is InChI=1S/C14H19BrN2S/c1-8(2)12-7-16-14(18-12)17-13-9(3)5-11(15)6-10(13)4/h5-6,8,12H,7H2,1-4H3,(H,16,17). The number of thioether (sulfide) groups is 1. The van der Waals surface area contributed by atoms with Crippen molar-refractivity contribution < 1.29 is 0 Å². The van der Waals surface area contributed by atoms with Crippen molar-refractivity contribution >= 4 is 38.5 Å². The zero-order chi connectivity index (χ0) is 13.3. The second-order valence-electron chi connectivity index (χ2n) is 5.09. The molecular weight excluding hydrogens is 308 g/mol. The van der Waals surface area contributed by atoms with Crippen LogP contribution in [0.3, 0.4) is 0 Å². The molecule has 0 saturated carbocycles. The van der Waals surface area contributed by atoms with Gasteiger partial charge in [-0.05, 0) is 43.0 Å². The van der Waals surface area contributed by atoms with Crippen LogP contribution in [0.5, 0.6) is 0 Å². The number of aliphatic imine (C=N–C) groups is 1. The second kappa shape index (κ2) is 5.66. The molecule has 1 aliphatic rings. The third kappa shape index (κ3) is 3.09. The quantitative estimate of drug-likeness (QED) is 0.858. The van der Waals surface area contributed by atoms with Gasteiger partial charge in [-0.15, -0.1) is 0 Å². The van der Waals surface area contributed by atoms with Crippen LogP contribution in [0.4, 0.5) is 5.69 Å². The van der Waals surface area contributed by atoms with Gasteiger partial charge in [-0.25, -0.2) is 0 Å². The molecule has 0 aromatic heterocycles. The van der Waals surface area contributed by atoms with Crippen LogP contribution in [0.25, 0.3) is 0 Å². The Labute approximate surface area is 122 Å². The maximum Gasteiger partial charge on any atom is 0.161 e. The summed E-state index contributed by atoms with van der Waals surface area (Å²) >= 11 is 5.39. The molecule has 0 saturated heterocycles. The number of benzene rings is 1. The number of rotatable bonds is 2. The molecule has 1 atom stereocenters. The highest BCUT2D eigenvalue weighted by atomic mass is 79.9. The number of halogens is 1. The lowest BCUT2D eigenvalue weighted by Gasteiger charge is -2.15. The summed E-state index contributed by atoms with van der Waals surface area (Å²) < 4.78 is 1.13. The first kappa shape index (κ1) is 13.9. The lowest BCUT2D eigenvalue weighted by atomic mass is 10.1. The Morgan fingerprint density at radius 3 is 2.44 bits per heavy atom. The number of aryl methyl sites for hydroxylation is 2. The molecule has 4 heteroatoms. The van der Waals surface area contributed by atoms with Gasteiger partial charge in [-0.3, -0.25) is 4.99 Å². The summed E-state index contributed by atoms with van der Waals surface area (Å²) in [5.41, 5.74) is 3.69. The Hall–Kier alpha value is -0.480. The molecule has 2 rings (SSSR count). The highest BCUT2D eigenvalue weighted by Gasteiger charge is 2.23. The Balaban J connectivity index is 2.12. The smallest absolute Gasteiger partial charge is 0.161 e. The van der Waals surface area contributed by atoms with Crippen LogP contribution < -0.4 is 5.32 Å². The van der Waals surface area contributed by atoms with Gasteiger partial charge >= 0.3 is 0 Å². The first-order chi connectivity index (χ1) is 8.47. The Morgan fingerprint density at radius 1 is 1.33 bits per heavy atom. The molecule has 1 N–H and O–H groups in total. The fourth-order valence-electron chi connectivity index (χ4n) is 2.02. The summed E-state index contributed by atoms with van der Waals surface area (Å²) in [5, 5.41) is 5.15. The average molecular weight is 327 g/mol. The van der Waals surface area contributed by atoms with E-state index < -0.39 is 0 Å². The molecule has 0 spiro atoms. The maximum absolute atomic E-state index is 4.60. The van der Waals surface area contributed by atoms with Crippen molar-refractivity contribution in [2.75, 3.05) is 11.9 Å². The number of nitrogens with one attached hydrogen (secondary N) is 1. The van der Waals surface area contributed by atoms with E-state index in [4.69, 9.17) is 0 Å². The van der Waals surface area contributed by atoms with E-state index in [-0.39, 0.29) is 0 Å². The minimum atomic E-state index is 0.614. The fourth-order valence-corrected chi connectivity index (χ4v) is 3.73. The van der Waals surface area contributed by atoms with E-state index in [9.17, 15) is 0 Å². The van der Waals surface area contributed by atoms with Crippen LogP contribution in [0.2, 0.25) is 0 Å². The molecule has 1 aliphatic heterocycles. The Kier molecular flexibility index (Phi) is 4.38. The summed E-state index contributed by atoms with van der Waals surface area (Å²) in [6, 6.07) is 4.27. The van der Waals surface area contributed by atoms with Crippen LogP contribution in [0.15, 0.2) is 21.6 Å². The van der Waals surface area contributed by atoms with Crippen molar-refractivity contribution in [1.29, 1.82) is 0 Å². The van der Waals surface area contributed by atoms with E-state index in [0.717, 1.165) is 16.2 Å².